The molecule has 0 atom stereocenters. The first-order valence-corrected chi connectivity index (χ1v) is 20.4. The minimum Gasteiger partial charge on any atom is -0.512 e. The fraction of sp³-hybridized carbons (Fsp3) is 0.480. The third-order valence-corrected chi connectivity index (χ3v) is 11.9. The third kappa shape index (κ3) is 10.1. The van der Waals surface area contributed by atoms with Crippen LogP contribution in [0.5, 0.6) is 0 Å². The molecule has 55 heavy (non-hydrogen) atoms. The largest absolute Gasteiger partial charge is 0.512 e. The molecular formula is C50H66IrNO3-. The molecule has 0 aliphatic rings. The summed E-state index contributed by atoms with van der Waals surface area (Å²) in [4.78, 5) is 16.5. The second-order valence-electron chi connectivity index (χ2n) is 17.1. The number of allylic oxidation sites excluding steroid dienone is 2. The van der Waals surface area contributed by atoms with E-state index in [4.69, 9.17) is 9.40 Å². The quantitative estimate of drug-likeness (QED) is 0.0726. The zero-order valence-electron chi connectivity index (χ0n) is 35.8. The molecule has 1 N–H and O–H groups in total. The first-order valence-electron chi connectivity index (χ1n) is 20.4. The molecule has 4 nitrogen and oxygen atoms in total. The Hall–Kier alpha value is -3.53. The normalized spacial score (nSPS) is 12.6. The van der Waals surface area contributed by atoms with E-state index in [-0.39, 0.29) is 54.3 Å². The number of furan rings is 1. The molecule has 0 saturated heterocycles. The van der Waals surface area contributed by atoms with E-state index >= 15 is 0 Å². The molecule has 0 fully saturated rings. The number of nitrogens with zero attached hydrogens (tertiary/aromatic N) is 1. The Labute approximate surface area is 346 Å². The van der Waals surface area contributed by atoms with Crippen LogP contribution in [-0.2, 0) is 35.7 Å². The van der Waals surface area contributed by atoms with Gasteiger partial charge in [-0.1, -0.05) is 137 Å². The van der Waals surface area contributed by atoms with Gasteiger partial charge in [-0.15, -0.1) is 29.1 Å². The van der Waals surface area contributed by atoms with E-state index in [1.54, 1.807) is 0 Å². The molecule has 2 heterocycles. The van der Waals surface area contributed by atoms with Crippen LogP contribution in [0.4, 0.5) is 0 Å². The molecule has 1 radical (unpaired) electrons. The van der Waals surface area contributed by atoms with Gasteiger partial charge < -0.3 is 9.52 Å². The molecular weight excluding hydrogens is 855 g/mol. The van der Waals surface area contributed by atoms with E-state index in [0.717, 1.165) is 64.6 Å². The monoisotopic (exact) mass is 921 g/mol. The third-order valence-electron chi connectivity index (χ3n) is 11.9. The molecule has 0 aliphatic carbocycles. The van der Waals surface area contributed by atoms with Crippen molar-refractivity contribution in [3.8, 4) is 22.6 Å². The summed E-state index contributed by atoms with van der Waals surface area (Å²) in [7, 11) is 0. The van der Waals surface area contributed by atoms with Gasteiger partial charge in [-0.2, -0.15) is 0 Å². The Morgan fingerprint density at radius 3 is 1.96 bits per heavy atom. The van der Waals surface area contributed by atoms with E-state index in [1.807, 2.05) is 40.0 Å². The van der Waals surface area contributed by atoms with Crippen LogP contribution in [0.3, 0.4) is 0 Å². The summed E-state index contributed by atoms with van der Waals surface area (Å²) >= 11 is 0. The number of carbonyl (C=O) groups excluding carboxylic acids is 1. The van der Waals surface area contributed by atoms with Gasteiger partial charge in [-0.3, -0.25) is 9.78 Å². The summed E-state index contributed by atoms with van der Waals surface area (Å²) in [6.07, 6.45) is 6.79. The van der Waals surface area contributed by atoms with Crippen molar-refractivity contribution in [1.82, 2.24) is 4.98 Å². The van der Waals surface area contributed by atoms with Gasteiger partial charge in [0.15, 0.2) is 5.78 Å². The maximum absolute atomic E-state index is 11.7. The number of pyridine rings is 1. The van der Waals surface area contributed by atoms with Crippen LogP contribution in [0.1, 0.15) is 127 Å². The zero-order valence-corrected chi connectivity index (χ0v) is 38.2. The van der Waals surface area contributed by atoms with E-state index in [1.165, 1.54) is 22.6 Å². The van der Waals surface area contributed by atoms with Crippen LogP contribution in [0.15, 0.2) is 89.2 Å². The van der Waals surface area contributed by atoms with Crippen LogP contribution in [0.2, 0.25) is 0 Å². The van der Waals surface area contributed by atoms with Crippen LogP contribution >= 0.6 is 0 Å². The molecule has 2 aromatic heterocycles. The molecule has 299 valence electrons. The van der Waals surface area contributed by atoms with Crippen molar-refractivity contribution in [2.75, 3.05) is 0 Å². The molecule has 5 heteroatoms. The molecule has 5 rings (SSSR count). The second-order valence-corrected chi connectivity index (χ2v) is 17.1. The van der Waals surface area contributed by atoms with Crippen LogP contribution < -0.4 is 0 Å². The van der Waals surface area contributed by atoms with Gasteiger partial charge in [-0.25, -0.2) is 0 Å². The van der Waals surface area contributed by atoms with Gasteiger partial charge in [0.05, 0.1) is 5.76 Å². The average Bonchev–Trinajstić information content (AvgIpc) is 3.56. The van der Waals surface area contributed by atoms with Crippen molar-refractivity contribution in [3.05, 3.63) is 102 Å². The summed E-state index contributed by atoms with van der Waals surface area (Å²) in [5.41, 5.74) is 6.65. The smallest absolute Gasteiger partial charge is 0.162 e. The molecule has 5 aromatic rings. The number of fused-ring (bicyclic) bond motifs is 2. The summed E-state index contributed by atoms with van der Waals surface area (Å²) in [5, 5.41) is 13.3. The Bertz CT molecular complexity index is 2010. The summed E-state index contributed by atoms with van der Waals surface area (Å²) in [6.45, 7) is 29.0. The van der Waals surface area contributed by atoms with Crippen molar-refractivity contribution in [1.29, 1.82) is 0 Å². The first kappa shape index (κ1) is 45.9. The Balaban J connectivity index is 0.000000433. The Morgan fingerprint density at radius 2 is 1.40 bits per heavy atom. The van der Waals surface area contributed by atoms with Gasteiger partial charge in [0.1, 0.15) is 11.3 Å². The van der Waals surface area contributed by atoms with E-state index in [0.29, 0.717) is 17.8 Å². The van der Waals surface area contributed by atoms with Crippen molar-refractivity contribution in [2.24, 2.45) is 29.6 Å². The Kier molecular flexibility index (Phi) is 16.3. The standard InChI is InChI=1S/C37H42NO.C13H24O2.Ir/c1-23(2)37(24(3)4,25(5)6)30-15-14-27-21-34(39-35(27)22-30)28-16-17-38-33(20-28)29-18-26-12-10-11-13-31(26)32(19-29)36(7,8)9;1-5-10(6-2)12(14)9-13(15)11(7-3)8-4;/h10-17,19-25H,1-9H3;9-11,14H,5-8H2,1-4H3;/q-1;;/b;12-9-;. The number of rotatable bonds is 13. The maximum Gasteiger partial charge on any atom is 0.162 e. The SMILES string of the molecule is CC(C)C(c1ccc2cc(-c3ccnc(-c4[c-]c5ccccc5c(C(C)(C)C)c4)c3)oc2c1)(C(C)C)C(C)C.CCC(CC)C(=O)/C=C(\O)C(CC)CC.[Ir]. The predicted octanol–water partition coefficient (Wildman–Crippen LogP) is 14.5. The number of aliphatic hydroxyl groups is 1. The molecule has 0 bridgehead atoms. The number of aromatic nitrogens is 1. The van der Waals surface area contributed by atoms with Crippen LogP contribution in [-0.4, -0.2) is 15.9 Å². The van der Waals surface area contributed by atoms with Crippen LogP contribution in [0, 0.1) is 35.7 Å². The summed E-state index contributed by atoms with van der Waals surface area (Å²) < 4.78 is 6.53. The topological polar surface area (TPSA) is 63.3 Å². The molecule has 0 amide bonds. The second kappa shape index (κ2) is 19.6. The number of hydrogen-bond donors (Lipinski definition) is 1. The maximum atomic E-state index is 11.7. The average molecular weight is 921 g/mol. The van der Waals surface area contributed by atoms with Gasteiger partial charge in [0, 0.05) is 66.3 Å². The van der Waals surface area contributed by atoms with Crippen molar-refractivity contribution >= 4 is 27.5 Å². The van der Waals surface area contributed by atoms with Crippen molar-refractivity contribution in [3.63, 3.8) is 0 Å². The fourth-order valence-corrected chi connectivity index (χ4v) is 8.94. The van der Waals surface area contributed by atoms with Crippen molar-refractivity contribution in [2.45, 2.75) is 127 Å². The van der Waals surface area contributed by atoms with Crippen molar-refractivity contribution < 1.29 is 34.4 Å². The van der Waals surface area contributed by atoms with Gasteiger partial charge in [0.2, 0.25) is 0 Å². The number of aliphatic hydroxyl groups excluding tert-OH is 1. The van der Waals surface area contributed by atoms with Gasteiger partial charge in [0.25, 0.3) is 0 Å². The van der Waals surface area contributed by atoms with Crippen LogP contribution in [0.25, 0.3) is 44.3 Å². The van der Waals surface area contributed by atoms with Gasteiger partial charge >= 0.3 is 0 Å². The molecule has 0 spiro atoms. The molecule has 0 saturated carbocycles. The predicted molar refractivity (Wildman–Crippen MR) is 230 cm³/mol. The Morgan fingerprint density at radius 1 is 0.800 bits per heavy atom. The molecule has 0 aliphatic heterocycles. The number of ketones is 1. The van der Waals surface area contributed by atoms with Gasteiger partial charge in [-0.05, 0) is 72.6 Å². The van der Waals surface area contributed by atoms with E-state index in [2.05, 4.69) is 129 Å². The van der Waals surface area contributed by atoms with E-state index < -0.39 is 0 Å². The zero-order chi connectivity index (χ0) is 40.0. The number of carbonyl (C=O) groups is 1. The first-order chi connectivity index (χ1) is 25.5. The molecule has 0 unspecified atom stereocenters. The minimum atomic E-state index is 0. The number of benzene rings is 3. The minimum absolute atomic E-state index is 0. The molecule has 3 aromatic carbocycles. The fourth-order valence-electron chi connectivity index (χ4n) is 8.94. The number of hydrogen-bond acceptors (Lipinski definition) is 4. The van der Waals surface area contributed by atoms with E-state index in [9.17, 15) is 9.90 Å². The summed E-state index contributed by atoms with van der Waals surface area (Å²) in [5.74, 6) is 2.97. The summed E-state index contributed by atoms with van der Waals surface area (Å²) in [6, 6.07) is 27.5.